The maximum Gasteiger partial charge on any atom is 0.303 e. The number of esters is 4. The van der Waals surface area contributed by atoms with E-state index in [4.69, 9.17) is 28.4 Å². The normalized spacial score (nSPS) is 24.3. The molecule has 0 aliphatic carbocycles. The van der Waals surface area contributed by atoms with Gasteiger partial charge in [-0.2, -0.15) is 0 Å². The first kappa shape index (κ1) is 50.2. The Morgan fingerprint density at radius 2 is 1.64 bits per heavy atom. The highest BCUT2D eigenvalue weighted by Crippen LogP contribution is 2.39. The molecule has 7 atom stereocenters. The van der Waals surface area contributed by atoms with Crippen LogP contribution >= 0.6 is 11.8 Å². The number of aromatic amines is 1. The number of aromatic nitrogens is 1. The molecule has 18 heteroatoms. The van der Waals surface area contributed by atoms with E-state index in [0.29, 0.717) is 36.6 Å². The topological polar surface area (TPSA) is 217 Å². The van der Waals surface area contributed by atoms with Gasteiger partial charge in [0.05, 0.1) is 13.7 Å². The van der Waals surface area contributed by atoms with Crippen LogP contribution in [0, 0.1) is 18.8 Å². The van der Waals surface area contributed by atoms with Crippen molar-refractivity contribution in [3.63, 3.8) is 0 Å². The smallest absolute Gasteiger partial charge is 0.303 e. The highest BCUT2D eigenvalue weighted by Gasteiger charge is 2.52. The van der Waals surface area contributed by atoms with Crippen LogP contribution in [0.4, 0.5) is 0 Å². The van der Waals surface area contributed by atoms with Crippen molar-refractivity contribution in [2.45, 2.75) is 97.6 Å². The second-order valence-electron chi connectivity index (χ2n) is 14.6. The Kier molecular flexibility index (Phi) is 20.0. The van der Waals surface area contributed by atoms with E-state index < -0.39 is 53.7 Å². The van der Waals surface area contributed by atoms with E-state index in [1.165, 1.54) is 32.5 Å². The monoisotopic (exact) mass is 871 g/mol. The number of hydrogen-bond acceptors (Lipinski definition) is 16. The molecule has 2 saturated heterocycles. The molecule has 2 aliphatic heterocycles. The number of aliphatic hydroxyl groups excluding tert-OH is 1. The summed E-state index contributed by atoms with van der Waals surface area (Å²) < 4.78 is 33.0. The third kappa shape index (κ3) is 14.5. The number of ether oxygens (including phenoxy) is 6. The van der Waals surface area contributed by atoms with Gasteiger partial charge in [0, 0.05) is 120 Å². The van der Waals surface area contributed by atoms with Gasteiger partial charge in [-0.1, -0.05) is 19.6 Å². The van der Waals surface area contributed by atoms with Crippen LogP contribution in [0.25, 0.3) is 18.2 Å². The zero-order valence-electron chi connectivity index (χ0n) is 36.8. The number of thioether (sulfide) groups is 1. The third-order valence-electron chi connectivity index (χ3n) is 10.2. The molecule has 0 unspecified atom stereocenters. The number of allylic oxidation sites excluding steroid dienone is 2. The van der Waals surface area contributed by atoms with Gasteiger partial charge in [0.2, 0.25) is 5.91 Å². The van der Waals surface area contributed by atoms with Crippen molar-refractivity contribution in [3.8, 4) is 0 Å². The summed E-state index contributed by atoms with van der Waals surface area (Å²) in [7, 11) is 4.92. The second-order valence-corrected chi connectivity index (χ2v) is 15.8. The predicted octanol–water partition coefficient (Wildman–Crippen LogP) is 4.59. The number of carbonyl (C=O) groups excluding carboxylic acids is 5. The number of nitrogens with zero attached hydrogens (tertiary/aromatic N) is 3. The molecule has 0 aromatic carbocycles. The molecule has 2 aliphatic rings. The van der Waals surface area contributed by atoms with E-state index in [9.17, 15) is 29.1 Å². The van der Waals surface area contributed by atoms with Crippen molar-refractivity contribution in [2.75, 3.05) is 46.7 Å². The minimum absolute atomic E-state index is 0.0410. The van der Waals surface area contributed by atoms with Gasteiger partial charge in [-0.3, -0.25) is 29.0 Å². The average Bonchev–Trinajstić information content (AvgIpc) is 3.67. The Balaban J connectivity index is 1.74. The maximum atomic E-state index is 13.6. The summed E-state index contributed by atoms with van der Waals surface area (Å²) in [6.07, 6.45) is 5.53. The molecule has 2 fully saturated rings. The molecule has 3 N–H and O–H groups in total. The lowest BCUT2D eigenvalue weighted by molar-refractivity contribution is -0.237. The van der Waals surface area contributed by atoms with Crippen molar-refractivity contribution >= 4 is 71.9 Å². The molecule has 0 saturated carbocycles. The first-order valence-electron chi connectivity index (χ1n) is 20.0. The number of methoxy groups -OCH3 is 1. The molecule has 17 nitrogen and oxygen atoms in total. The van der Waals surface area contributed by atoms with Crippen molar-refractivity contribution in [1.29, 1.82) is 0 Å². The van der Waals surface area contributed by atoms with E-state index in [1.807, 2.05) is 19.1 Å². The summed E-state index contributed by atoms with van der Waals surface area (Å²) in [5.41, 5.74) is 5.10. The Morgan fingerprint density at radius 1 is 0.984 bits per heavy atom. The summed E-state index contributed by atoms with van der Waals surface area (Å²) >= 11 is 1.26. The molecule has 0 bridgehead atoms. The highest BCUT2D eigenvalue weighted by molar-refractivity contribution is 7.99. The summed E-state index contributed by atoms with van der Waals surface area (Å²) in [5, 5.41) is 13.9. The molecule has 1 aromatic rings. The van der Waals surface area contributed by atoms with Gasteiger partial charge in [0.25, 0.3) is 0 Å². The molecular weight excluding hydrogens is 811 g/mol. The van der Waals surface area contributed by atoms with Crippen LogP contribution in [0.5, 0.6) is 0 Å². The summed E-state index contributed by atoms with van der Waals surface area (Å²) in [6, 6.07) is 0. The van der Waals surface area contributed by atoms with Crippen molar-refractivity contribution in [1.82, 2.24) is 15.2 Å². The van der Waals surface area contributed by atoms with Crippen molar-refractivity contribution in [2.24, 2.45) is 21.8 Å². The number of nitrogens with one attached hydrogen (secondary N) is 2. The van der Waals surface area contributed by atoms with Gasteiger partial charge in [0.15, 0.2) is 24.2 Å². The Hall–Kier alpha value is -5.20. The van der Waals surface area contributed by atoms with Crippen LogP contribution in [0.2, 0.25) is 0 Å². The number of H-pyrrole nitrogens is 1. The third-order valence-corrected chi connectivity index (χ3v) is 11.4. The number of rotatable bonds is 19. The van der Waals surface area contributed by atoms with E-state index in [1.54, 1.807) is 51.5 Å². The fourth-order valence-corrected chi connectivity index (χ4v) is 8.25. The Labute approximate surface area is 362 Å². The molecule has 1 amide bonds. The number of hydrogen-bond donors (Lipinski definition) is 3. The molecule has 3 rings (SSSR count). The first-order valence-corrected chi connectivity index (χ1v) is 21.0. The second kappa shape index (κ2) is 24.3. The summed E-state index contributed by atoms with van der Waals surface area (Å²) in [5.74, 6) is -1.98. The number of amides is 1. The highest BCUT2D eigenvalue weighted by atomic mass is 32.2. The van der Waals surface area contributed by atoms with Crippen LogP contribution < -0.4 is 5.32 Å². The minimum Gasteiger partial charge on any atom is -0.484 e. The van der Waals surface area contributed by atoms with Gasteiger partial charge in [-0.15, -0.1) is 11.8 Å². The van der Waals surface area contributed by atoms with E-state index in [2.05, 4.69) is 33.8 Å². The van der Waals surface area contributed by atoms with Gasteiger partial charge in [0.1, 0.15) is 18.1 Å². The maximum absolute atomic E-state index is 13.6. The average molecular weight is 872 g/mol. The lowest BCUT2D eigenvalue weighted by atomic mass is 9.87. The Bertz CT molecular complexity index is 1900. The number of aliphatic hydroxyl groups is 1. The van der Waals surface area contributed by atoms with Crippen LogP contribution in [0.3, 0.4) is 0 Å². The van der Waals surface area contributed by atoms with Crippen LogP contribution in [0.15, 0.2) is 39.7 Å². The zero-order chi connectivity index (χ0) is 45.4. The summed E-state index contributed by atoms with van der Waals surface area (Å²) in [6.45, 7) is 14.4. The Morgan fingerprint density at radius 3 is 2.23 bits per heavy atom. The molecule has 0 radical (unpaired) electrons. The molecule has 336 valence electrons. The predicted molar refractivity (Wildman–Crippen MR) is 233 cm³/mol. The van der Waals surface area contributed by atoms with E-state index in [0.717, 1.165) is 40.8 Å². The SMILES string of the molecule is C=Cc1c(/C=C\N=C(C)OC)[nH]c(/C=C2\N/C(=C(\C=NC)CO)[C@@H](CCC(=O)N(C)CCCS[C@@H]3O[C@H](COC(C)=O)[C@@H](OC(C)=O)[C@H](OC(C)=O)[C@H]3OC(C)=O)[C@@H]2C)c1C. The van der Waals surface area contributed by atoms with Crippen LogP contribution in [-0.2, 0) is 52.4 Å². The first-order chi connectivity index (χ1) is 28.9. The van der Waals surface area contributed by atoms with Gasteiger partial charge in [-0.25, -0.2) is 4.99 Å². The molecule has 0 spiro atoms. The van der Waals surface area contributed by atoms with E-state index in [-0.39, 0.29) is 37.4 Å². The van der Waals surface area contributed by atoms with Crippen LogP contribution in [0.1, 0.15) is 83.3 Å². The van der Waals surface area contributed by atoms with E-state index >= 15 is 0 Å². The quantitative estimate of drug-likeness (QED) is 0.0570. The number of carbonyl (C=O) groups is 5. The largest absolute Gasteiger partial charge is 0.484 e. The zero-order valence-corrected chi connectivity index (χ0v) is 37.6. The molecule has 61 heavy (non-hydrogen) atoms. The van der Waals surface area contributed by atoms with Gasteiger partial charge in [-0.05, 0) is 43.2 Å². The van der Waals surface area contributed by atoms with Crippen molar-refractivity contribution < 1.29 is 57.5 Å². The molecule has 1 aromatic heterocycles. The fourth-order valence-electron chi connectivity index (χ4n) is 7.10. The number of aliphatic imine (C=N–C) groups is 2. The van der Waals surface area contributed by atoms with Gasteiger partial charge < -0.3 is 48.7 Å². The van der Waals surface area contributed by atoms with Gasteiger partial charge >= 0.3 is 23.9 Å². The summed E-state index contributed by atoms with van der Waals surface area (Å²) in [4.78, 5) is 75.2. The fraction of sp³-hybridized carbons (Fsp3) is 0.558. The van der Waals surface area contributed by atoms with Crippen molar-refractivity contribution in [3.05, 3.63) is 52.3 Å². The lowest BCUT2D eigenvalue weighted by Gasteiger charge is -2.44. The minimum atomic E-state index is -1.25. The molecular formula is C43H61N5O12S. The molecule has 3 heterocycles. The van der Waals surface area contributed by atoms with Crippen LogP contribution in [-0.4, -0.2) is 133 Å². The standard InChI is InChI=1S/C43H61N5O12S/c1-12-32-24(2)35(46-34(32)16-17-45-26(4)55-11)20-36-25(3)33(39(47-36)31(22-49)21-44-9)14-15-38(54)48(10)18-13-19-61-43-42(59-30(8)53)41(58-29(7)52)40(57-28(6)51)37(60-43)23-56-27(5)50/h12,16-17,20-21,25,33,37,40-43,46-47,49H,1,13-15,18-19,22-23H2,2-11H3/b17-16-,36-20-,39-31+,44-21?,45-26?/t25-,33-,37+,40+,41-,42+,43-/m0/s1. The lowest BCUT2D eigenvalue weighted by Crippen LogP contribution is -2.61.